The van der Waals surface area contributed by atoms with Crippen molar-refractivity contribution in [2.45, 2.75) is 83.1 Å². The number of methoxy groups -OCH3 is 1. The van der Waals surface area contributed by atoms with E-state index in [1.165, 1.54) is 12.8 Å². The summed E-state index contributed by atoms with van der Waals surface area (Å²) >= 11 is 0. The molecule has 2 atom stereocenters. The molecule has 3 heterocycles. The van der Waals surface area contributed by atoms with Crippen molar-refractivity contribution < 1.29 is 9.53 Å². The summed E-state index contributed by atoms with van der Waals surface area (Å²) in [5.41, 5.74) is 5.52. The number of carbonyl (C=O) groups is 1. The molecule has 1 unspecified atom stereocenters. The van der Waals surface area contributed by atoms with Crippen molar-refractivity contribution in [1.29, 1.82) is 0 Å². The minimum absolute atomic E-state index is 0.0513. The second-order valence-corrected chi connectivity index (χ2v) is 10.1. The number of amidine groups is 1. The van der Waals surface area contributed by atoms with E-state index in [-0.39, 0.29) is 18.1 Å². The van der Waals surface area contributed by atoms with Crippen LogP contribution >= 0.6 is 0 Å². The van der Waals surface area contributed by atoms with Crippen LogP contribution in [-0.2, 0) is 0 Å². The van der Waals surface area contributed by atoms with Gasteiger partial charge in [0.2, 0.25) is 5.95 Å². The van der Waals surface area contributed by atoms with E-state index in [0.29, 0.717) is 35.0 Å². The fourth-order valence-electron chi connectivity index (χ4n) is 5.64. The van der Waals surface area contributed by atoms with Crippen LogP contribution in [-0.4, -0.2) is 53.1 Å². The number of hydrazone groups is 1. The predicted molar refractivity (Wildman–Crippen MR) is 140 cm³/mol. The first-order valence-electron chi connectivity index (χ1n) is 13.1. The van der Waals surface area contributed by atoms with Crippen LogP contribution in [0.25, 0.3) is 0 Å². The Balaban J connectivity index is 1.33. The van der Waals surface area contributed by atoms with Gasteiger partial charge < -0.3 is 20.3 Å². The summed E-state index contributed by atoms with van der Waals surface area (Å²) in [5, 5.41) is 11.1. The Morgan fingerprint density at radius 3 is 2.75 bits per heavy atom. The fraction of sp³-hybridized carbons (Fsp3) is 0.538. The number of carbonyl (C=O) groups excluding carboxylic acids is 1. The maximum atomic E-state index is 12.5. The van der Waals surface area contributed by atoms with Gasteiger partial charge in [-0.25, -0.2) is 4.98 Å². The van der Waals surface area contributed by atoms with Crippen LogP contribution in [0.5, 0.6) is 5.75 Å². The average Bonchev–Trinajstić information content (AvgIpc) is 3.37. The van der Waals surface area contributed by atoms with Crippen LogP contribution in [0.2, 0.25) is 0 Å². The second-order valence-electron chi connectivity index (χ2n) is 10.1. The number of nitrogens with zero attached hydrogens (tertiary/aromatic N) is 5. The Morgan fingerprint density at radius 1 is 1.22 bits per heavy atom. The third-order valence-electron chi connectivity index (χ3n) is 7.62. The number of hydrogen-bond acceptors (Lipinski definition) is 9. The molecule has 1 amide bonds. The number of hydrogen-bond donors (Lipinski definition) is 3. The lowest BCUT2D eigenvalue weighted by Gasteiger charge is -2.45. The number of ether oxygens (including phenoxy) is 1. The van der Waals surface area contributed by atoms with E-state index in [4.69, 9.17) is 14.8 Å². The summed E-state index contributed by atoms with van der Waals surface area (Å²) in [5.74, 6) is 3.00. The molecular formula is C26H34N8O2. The van der Waals surface area contributed by atoms with E-state index < -0.39 is 0 Å². The zero-order chi connectivity index (χ0) is 24.8. The van der Waals surface area contributed by atoms with Gasteiger partial charge in [0, 0.05) is 17.6 Å². The van der Waals surface area contributed by atoms with Gasteiger partial charge in [-0.15, -0.1) is 0 Å². The van der Waals surface area contributed by atoms with Gasteiger partial charge in [0.05, 0.1) is 25.0 Å². The first-order valence-corrected chi connectivity index (χ1v) is 13.1. The molecule has 0 bridgehead atoms. The van der Waals surface area contributed by atoms with Gasteiger partial charge in [0.25, 0.3) is 5.91 Å². The predicted octanol–water partition coefficient (Wildman–Crippen LogP) is 3.73. The van der Waals surface area contributed by atoms with E-state index in [9.17, 15) is 4.79 Å². The Bertz CT molecular complexity index is 1190. The number of nitrogens with one attached hydrogen (secondary N) is 3. The molecule has 10 nitrogen and oxygen atoms in total. The monoisotopic (exact) mass is 490 g/mol. The average molecular weight is 491 g/mol. The lowest BCUT2D eigenvalue weighted by atomic mass is 10.0. The third kappa shape index (κ3) is 3.98. The molecule has 190 valence electrons. The molecule has 6 rings (SSSR count). The number of amides is 1. The molecule has 0 radical (unpaired) electrons. The van der Waals surface area contributed by atoms with Crippen molar-refractivity contribution in [2.24, 2.45) is 5.10 Å². The highest BCUT2D eigenvalue weighted by Gasteiger charge is 2.44. The molecule has 0 saturated heterocycles. The maximum absolute atomic E-state index is 12.5. The highest BCUT2D eigenvalue weighted by molar-refractivity contribution is 6.09. The summed E-state index contributed by atoms with van der Waals surface area (Å²) < 4.78 is 5.61. The Kier molecular flexibility index (Phi) is 5.81. The summed E-state index contributed by atoms with van der Waals surface area (Å²) in [6, 6.07) is 6.33. The minimum atomic E-state index is -0.0731. The van der Waals surface area contributed by atoms with Crippen LogP contribution in [0, 0.1) is 0 Å². The van der Waals surface area contributed by atoms with Crippen LogP contribution in [0.4, 0.5) is 23.1 Å². The van der Waals surface area contributed by atoms with Crippen LogP contribution in [0.15, 0.2) is 29.5 Å². The number of fused-ring (bicyclic) bond motifs is 3. The van der Waals surface area contributed by atoms with E-state index >= 15 is 0 Å². The number of aromatic nitrogens is 2. The molecule has 4 aliphatic rings. The summed E-state index contributed by atoms with van der Waals surface area (Å²) in [6.07, 6.45) is 9.80. The summed E-state index contributed by atoms with van der Waals surface area (Å²) in [4.78, 5) is 26.9. The topological polar surface area (TPSA) is 107 Å². The quantitative estimate of drug-likeness (QED) is 0.539. The molecule has 2 saturated carbocycles. The van der Waals surface area contributed by atoms with E-state index in [2.05, 4.69) is 44.7 Å². The first-order chi connectivity index (χ1) is 17.6. The highest BCUT2D eigenvalue weighted by atomic mass is 16.5. The summed E-state index contributed by atoms with van der Waals surface area (Å²) in [6.45, 7) is 4.32. The van der Waals surface area contributed by atoms with E-state index in [1.54, 1.807) is 19.2 Å². The SMILES string of the molecule is CC[C@@H]1C2=NNC(C)N2c2cnc(Nc3ccc(C(=O)NC4CC4)cc3OC)nc2N1C1CCCC1. The minimum Gasteiger partial charge on any atom is -0.495 e. The molecule has 0 spiro atoms. The van der Waals surface area contributed by atoms with Gasteiger partial charge in [-0.3, -0.25) is 15.1 Å². The lowest BCUT2D eigenvalue weighted by Crippen LogP contribution is -2.57. The smallest absolute Gasteiger partial charge is 0.251 e. The van der Waals surface area contributed by atoms with Gasteiger partial charge >= 0.3 is 0 Å². The molecule has 1 aromatic carbocycles. The fourth-order valence-corrected chi connectivity index (χ4v) is 5.64. The van der Waals surface area contributed by atoms with Crippen molar-refractivity contribution in [3.8, 4) is 5.75 Å². The lowest BCUT2D eigenvalue weighted by molar-refractivity contribution is 0.0950. The Morgan fingerprint density at radius 2 is 2.03 bits per heavy atom. The largest absolute Gasteiger partial charge is 0.495 e. The molecular weight excluding hydrogens is 456 g/mol. The van der Waals surface area contributed by atoms with Gasteiger partial charge in [0.1, 0.15) is 17.6 Å². The standard InChI is InChI=1S/C26H34N8O2/c1-4-20-24-32-31-15(2)33(24)21-14-27-26(30-23(21)34(20)18-7-5-6-8-18)29-19-12-9-16(13-22(19)36-3)25(35)28-17-10-11-17/h9,12-15,17-18,20,31H,4-8,10-11H2,1-3H3,(H,28,35)(H,27,29,30)/t15?,20-/m1/s1. The molecule has 1 aromatic heterocycles. The highest BCUT2D eigenvalue weighted by Crippen LogP contribution is 2.42. The van der Waals surface area contributed by atoms with Crippen LogP contribution in [0.3, 0.4) is 0 Å². The maximum Gasteiger partial charge on any atom is 0.251 e. The van der Waals surface area contributed by atoms with E-state index in [1.807, 2.05) is 12.3 Å². The molecule has 10 heteroatoms. The van der Waals surface area contributed by atoms with Crippen molar-refractivity contribution in [1.82, 2.24) is 20.7 Å². The molecule has 2 aromatic rings. The summed E-state index contributed by atoms with van der Waals surface area (Å²) in [7, 11) is 1.60. The molecule has 2 aliphatic heterocycles. The third-order valence-corrected chi connectivity index (χ3v) is 7.62. The number of benzene rings is 1. The number of anilines is 4. The normalized spacial score (nSPS) is 23.0. The zero-order valence-corrected chi connectivity index (χ0v) is 21.1. The molecule has 2 fully saturated rings. The Labute approximate surface area is 211 Å². The van der Waals surface area contributed by atoms with Crippen molar-refractivity contribution in [3.05, 3.63) is 30.0 Å². The first kappa shape index (κ1) is 22.9. The molecule has 2 aliphatic carbocycles. The zero-order valence-electron chi connectivity index (χ0n) is 21.1. The molecule has 36 heavy (non-hydrogen) atoms. The van der Waals surface area contributed by atoms with Gasteiger partial charge in [-0.05, 0) is 57.2 Å². The van der Waals surface area contributed by atoms with Crippen LogP contribution in [0.1, 0.15) is 69.2 Å². The second kappa shape index (κ2) is 9.15. The molecule has 3 N–H and O–H groups in total. The van der Waals surface area contributed by atoms with Crippen molar-refractivity contribution in [3.63, 3.8) is 0 Å². The van der Waals surface area contributed by atoms with Crippen LogP contribution < -0.4 is 30.6 Å². The van der Waals surface area contributed by atoms with Gasteiger partial charge in [-0.1, -0.05) is 19.8 Å². The van der Waals surface area contributed by atoms with Crippen molar-refractivity contribution in [2.75, 3.05) is 22.2 Å². The van der Waals surface area contributed by atoms with Crippen molar-refractivity contribution >= 4 is 34.9 Å². The number of rotatable bonds is 7. The van der Waals surface area contributed by atoms with Gasteiger partial charge in [-0.2, -0.15) is 10.1 Å². The van der Waals surface area contributed by atoms with E-state index in [0.717, 1.165) is 49.4 Å². The van der Waals surface area contributed by atoms with Gasteiger partial charge in [0.15, 0.2) is 11.7 Å². The Hall–Kier alpha value is -3.56.